The van der Waals surface area contributed by atoms with Crippen molar-refractivity contribution in [2.24, 2.45) is 5.92 Å². The second kappa shape index (κ2) is 6.34. The molecule has 1 unspecified atom stereocenters. The Morgan fingerprint density at radius 1 is 1.43 bits per heavy atom. The molecule has 6 heteroatoms. The number of rotatable bonds is 5. The van der Waals surface area contributed by atoms with Gasteiger partial charge < -0.3 is 10.6 Å². The average molecular weight is 311 g/mol. The van der Waals surface area contributed by atoms with E-state index in [1.54, 1.807) is 25.2 Å². The lowest BCUT2D eigenvalue weighted by Crippen LogP contribution is -2.33. The second-order valence-electron chi connectivity index (χ2n) is 5.92. The van der Waals surface area contributed by atoms with Gasteiger partial charge in [0.15, 0.2) is 0 Å². The van der Waals surface area contributed by atoms with Crippen molar-refractivity contribution in [2.45, 2.75) is 24.7 Å². The van der Waals surface area contributed by atoms with Crippen LogP contribution in [-0.2, 0) is 16.4 Å². The van der Waals surface area contributed by atoms with Gasteiger partial charge in [-0.05, 0) is 50.0 Å². The summed E-state index contributed by atoms with van der Waals surface area (Å²) in [5.41, 5.74) is 7.45. The first-order chi connectivity index (χ1) is 9.84. The fourth-order valence-corrected chi connectivity index (χ4v) is 4.16. The van der Waals surface area contributed by atoms with E-state index in [0.29, 0.717) is 18.2 Å². The Hall–Kier alpha value is -1.11. The van der Waals surface area contributed by atoms with Gasteiger partial charge in [-0.15, -0.1) is 0 Å². The van der Waals surface area contributed by atoms with Crippen LogP contribution in [0.15, 0.2) is 23.1 Å². The van der Waals surface area contributed by atoms with Crippen LogP contribution < -0.4 is 5.73 Å². The summed E-state index contributed by atoms with van der Waals surface area (Å²) in [6.07, 6.45) is 1.85. The Kier molecular flexibility index (Phi) is 4.91. The topological polar surface area (TPSA) is 66.6 Å². The molecule has 1 saturated heterocycles. The molecule has 1 aliphatic heterocycles. The summed E-state index contributed by atoms with van der Waals surface area (Å²) in [5, 5.41) is 0. The van der Waals surface area contributed by atoms with Crippen LogP contribution in [0.25, 0.3) is 0 Å². The van der Waals surface area contributed by atoms with Crippen LogP contribution in [0, 0.1) is 5.92 Å². The third-order valence-electron chi connectivity index (χ3n) is 4.21. The quantitative estimate of drug-likeness (QED) is 0.835. The molecule has 0 saturated carbocycles. The Labute approximate surface area is 127 Å². The number of nitrogen functional groups attached to an aromatic ring is 1. The first-order valence-electron chi connectivity index (χ1n) is 7.38. The van der Waals surface area contributed by atoms with Crippen LogP contribution in [0.2, 0.25) is 0 Å². The molecular weight excluding hydrogens is 286 g/mol. The van der Waals surface area contributed by atoms with Crippen molar-refractivity contribution >= 4 is 15.7 Å². The first kappa shape index (κ1) is 16.3. The van der Waals surface area contributed by atoms with E-state index in [-0.39, 0.29) is 4.90 Å². The molecule has 1 aromatic rings. The van der Waals surface area contributed by atoms with Crippen molar-refractivity contribution in [3.05, 3.63) is 23.8 Å². The maximum absolute atomic E-state index is 12.6. The normalized spacial score (nSPS) is 20.3. The molecule has 1 fully saturated rings. The van der Waals surface area contributed by atoms with E-state index in [4.69, 9.17) is 5.73 Å². The number of hydrogen-bond donors (Lipinski definition) is 1. The average Bonchev–Trinajstić information content (AvgIpc) is 2.83. The summed E-state index contributed by atoms with van der Waals surface area (Å²) < 4.78 is 26.7. The molecule has 0 aromatic heterocycles. The van der Waals surface area contributed by atoms with Crippen molar-refractivity contribution in [3.63, 3.8) is 0 Å². The molecule has 1 heterocycles. The number of nitrogens with two attached hydrogens (primary N) is 1. The lowest BCUT2D eigenvalue weighted by atomic mass is 10.1. The lowest BCUT2D eigenvalue weighted by Gasteiger charge is -2.21. The molecule has 0 radical (unpaired) electrons. The monoisotopic (exact) mass is 311 g/mol. The van der Waals surface area contributed by atoms with E-state index < -0.39 is 10.0 Å². The largest absolute Gasteiger partial charge is 0.398 e. The maximum Gasteiger partial charge on any atom is 0.242 e. The Balaban J connectivity index is 2.15. The van der Waals surface area contributed by atoms with E-state index in [2.05, 4.69) is 11.9 Å². The highest BCUT2D eigenvalue weighted by atomic mass is 32.2. The van der Waals surface area contributed by atoms with Crippen molar-refractivity contribution in [3.8, 4) is 0 Å². The predicted molar refractivity (Wildman–Crippen MR) is 85.7 cm³/mol. The van der Waals surface area contributed by atoms with Crippen LogP contribution in [0.1, 0.15) is 18.9 Å². The Morgan fingerprint density at radius 2 is 2.14 bits per heavy atom. The number of benzene rings is 1. The van der Waals surface area contributed by atoms with E-state index in [1.165, 1.54) is 4.31 Å². The molecule has 118 valence electrons. The van der Waals surface area contributed by atoms with Crippen LogP contribution >= 0.6 is 0 Å². The highest BCUT2D eigenvalue weighted by molar-refractivity contribution is 7.89. The van der Waals surface area contributed by atoms with Gasteiger partial charge >= 0.3 is 0 Å². The van der Waals surface area contributed by atoms with Crippen molar-refractivity contribution in [2.75, 3.05) is 39.5 Å². The van der Waals surface area contributed by atoms with E-state index in [1.807, 2.05) is 6.92 Å². The molecule has 0 aliphatic carbocycles. The maximum atomic E-state index is 12.6. The SMILES string of the molecule is CCc1ccc(S(=O)(=O)N(C)CC2CCN(C)C2)cc1N. The third-order valence-corrected chi connectivity index (χ3v) is 6.03. The molecule has 2 N–H and O–H groups in total. The van der Waals surface area contributed by atoms with Crippen molar-refractivity contribution < 1.29 is 8.42 Å². The summed E-state index contributed by atoms with van der Waals surface area (Å²) in [5.74, 6) is 0.405. The number of anilines is 1. The van der Waals surface area contributed by atoms with E-state index in [0.717, 1.165) is 31.5 Å². The molecule has 0 amide bonds. The number of likely N-dealkylation sites (tertiary alicyclic amines) is 1. The van der Waals surface area contributed by atoms with Gasteiger partial charge in [-0.3, -0.25) is 0 Å². The first-order valence-corrected chi connectivity index (χ1v) is 8.82. The van der Waals surface area contributed by atoms with E-state index in [9.17, 15) is 8.42 Å². The van der Waals surface area contributed by atoms with Gasteiger partial charge in [0.1, 0.15) is 0 Å². The van der Waals surface area contributed by atoms with Gasteiger partial charge in [0.2, 0.25) is 10.0 Å². The van der Waals surface area contributed by atoms with Crippen molar-refractivity contribution in [1.82, 2.24) is 9.21 Å². The summed E-state index contributed by atoms with van der Waals surface area (Å²) in [7, 11) is 0.262. The molecule has 1 atom stereocenters. The summed E-state index contributed by atoms with van der Waals surface area (Å²) >= 11 is 0. The molecule has 1 aromatic carbocycles. The summed E-state index contributed by atoms with van der Waals surface area (Å²) in [6.45, 7) is 4.55. The molecule has 1 aliphatic rings. The van der Waals surface area contributed by atoms with Gasteiger partial charge in [-0.25, -0.2) is 12.7 Å². The van der Waals surface area contributed by atoms with Gasteiger partial charge in [0, 0.05) is 25.8 Å². The van der Waals surface area contributed by atoms with Gasteiger partial charge in [-0.1, -0.05) is 13.0 Å². The highest BCUT2D eigenvalue weighted by Crippen LogP contribution is 2.23. The summed E-state index contributed by atoms with van der Waals surface area (Å²) in [6, 6.07) is 5.03. The third kappa shape index (κ3) is 3.56. The smallest absolute Gasteiger partial charge is 0.242 e. The minimum Gasteiger partial charge on any atom is -0.398 e. The predicted octanol–water partition coefficient (Wildman–Crippen LogP) is 1.40. The second-order valence-corrected chi connectivity index (χ2v) is 7.96. The number of aryl methyl sites for hydroxylation is 1. The molecular formula is C15H25N3O2S. The van der Waals surface area contributed by atoms with Gasteiger partial charge in [0.05, 0.1) is 4.90 Å². The van der Waals surface area contributed by atoms with Gasteiger partial charge in [-0.2, -0.15) is 0 Å². The zero-order chi connectivity index (χ0) is 15.6. The summed E-state index contributed by atoms with van der Waals surface area (Å²) in [4.78, 5) is 2.52. The van der Waals surface area contributed by atoms with Crippen LogP contribution in [0.5, 0.6) is 0 Å². The molecule has 2 rings (SSSR count). The number of sulfonamides is 1. The number of hydrogen-bond acceptors (Lipinski definition) is 4. The Bertz CT molecular complexity index is 601. The molecule has 21 heavy (non-hydrogen) atoms. The Morgan fingerprint density at radius 3 is 2.67 bits per heavy atom. The van der Waals surface area contributed by atoms with Gasteiger partial charge in [0.25, 0.3) is 0 Å². The van der Waals surface area contributed by atoms with Crippen LogP contribution in [-0.4, -0.2) is 51.4 Å². The fraction of sp³-hybridized carbons (Fsp3) is 0.600. The number of nitrogens with zero attached hydrogens (tertiary/aromatic N) is 2. The van der Waals surface area contributed by atoms with Crippen LogP contribution in [0.3, 0.4) is 0 Å². The standard InChI is InChI=1S/C15H25N3O2S/c1-4-13-5-6-14(9-15(13)16)21(19,20)18(3)11-12-7-8-17(2)10-12/h5-6,9,12H,4,7-8,10-11,16H2,1-3H3. The van der Waals surface area contributed by atoms with Crippen molar-refractivity contribution in [1.29, 1.82) is 0 Å². The zero-order valence-electron chi connectivity index (χ0n) is 13.0. The van der Waals surface area contributed by atoms with E-state index >= 15 is 0 Å². The molecule has 0 bridgehead atoms. The molecule has 0 spiro atoms. The zero-order valence-corrected chi connectivity index (χ0v) is 13.9. The highest BCUT2D eigenvalue weighted by Gasteiger charge is 2.27. The lowest BCUT2D eigenvalue weighted by molar-refractivity contribution is 0.357. The minimum atomic E-state index is -3.46. The van der Waals surface area contributed by atoms with Crippen LogP contribution in [0.4, 0.5) is 5.69 Å². The molecule has 5 nitrogen and oxygen atoms in total. The fourth-order valence-electron chi connectivity index (χ4n) is 2.87. The minimum absolute atomic E-state index is 0.283.